The summed E-state index contributed by atoms with van der Waals surface area (Å²) in [5, 5.41) is 12.0. The van der Waals surface area contributed by atoms with E-state index in [9.17, 15) is 0 Å². The number of nitrogens with zero attached hydrogens (tertiary/aromatic N) is 3. The van der Waals surface area contributed by atoms with Crippen molar-refractivity contribution in [3.05, 3.63) is 75.1 Å². The topological polar surface area (TPSA) is 81.5 Å². The lowest BCUT2D eigenvalue weighted by molar-refractivity contribution is 0.270. The van der Waals surface area contributed by atoms with Gasteiger partial charge in [0, 0.05) is 0 Å². The fraction of sp³-hybridized carbons (Fsp3) is 0.0556. The highest BCUT2D eigenvalue weighted by atomic mass is 35.5. The normalized spacial score (nSPS) is 11.4. The van der Waals surface area contributed by atoms with Crippen LogP contribution in [0.25, 0.3) is 11.6 Å². The minimum absolute atomic E-state index is 0.167. The Kier molecular flexibility index (Phi) is 5.34. The minimum Gasteiger partial charge on any atom is -0.483 e. The summed E-state index contributed by atoms with van der Waals surface area (Å²) < 4.78 is 18.4. The van der Waals surface area contributed by atoms with E-state index in [1.807, 2.05) is 0 Å². The van der Waals surface area contributed by atoms with Crippen molar-refractivity contribution in [3.63, 3.8) is 0 Å². The van der Waals surface area contributed by atoms with Gasteiger partial charge >= 0.3 is 0 Å². The molecular formula is C18H12Cl2N4O3S. The number of halogens is 2. The van der Waals surface area contributed by atoms with Crippen LogP contribution in [0.4, 0.5) is 0 Å². The zero-order chi connectivity index (χ0) is 19.5. The zero-order valence-electron chi connectivity index (χ0n) is 14.1. The Morgan fingerprint density at radius 3 is 2.75 bits per heavy atom. The maximum atomic E-state index is 6.09. The van der Waals surface area contributed by atoms with Crippen molar-refractivity contribution in [1.82, 2.24) is 14.9 Å². The van der Waals surface area contributed by atoms with Crippen LogP contribution < -0.4 is 4.74 Å². The summed E-state index contributed by atoms with van der Waals surface area (Å²) >= 11 is 17.4. The SMILES string of the molecule is S=c1[nH]nc(-c2ccco2)n1/N=C\c1ccc(COc2c(Cl)cccc2Cl)o1. The molecule has 28 heavy (non-hydrogen) atoms. The van der Waals surface area contributed by atoms with Gasteiger partial charge < -0.3 is 13.6 Å². The number of hydrogen-bond acceptors (Lipinski definition) is 6. The molecule has 4 aromatic rings. The fourth-order valence-electron chi connectivity index (χ4n) is 2.38. The van der Waals surface area contributed by atoms with E-state index < -0.39 is 0 Å². The molecule has 7 nitrogen and oxygen atoms in total. The van der Waals surface area contributed by atoms with E-state index in [0.717, 1.165) is 0 Å². The highest BCUT2D eigenvalue weighted by Crippen LogP contribution is 2.33. The number of benzene rings is 1. The number of furan rings is 2. The Morgan fingerprint density at radius 2 is 2.00 bits per heavy atom. The average Bonchev–Trinajstić information content (AvgIpc) is 3.41. The van der Waals surface area contributed by atoms with Crippen LogP contribution in [0, 0.1) is 4.77 Å². The highest BCUT2D eigenvalue weighted by molar-refractivity contribution is 7.71. The molecule has 0 fully saturated rings. The third-order valence-corrected chi connectivity index (χ3v) is 4.51. The first-order valence-electron chi connectivity index (χ1n) is 8.03. The van der Waals surface area contributed by atoms with E-state index >= 15 is 0 Å². The lowest BCUT2D eigenvalue weighted by atomic mass is 10.3. The summed E-state index contributed by atoms with van der Waals surface area (Å²) in [7, 11) is 0. The van der Waals surface area contributed by atoms with E-state index in [-0.39, 0.29) is 6.61 Å². The molecule has 3 aromatic heterocycles. The van der Waals surface area contributed by atoms with Crippen LogP contribution >= 0.6 is 35.4 Å². The van der Waals surface area contributed by atoms with Crippen LogP contribution in [0.5, 0.6) is 5.75 Å². The van der Waals surface area contributed by atoms with Crippen LogP contribution in [0.3, 0.4) is 0 Å². The number of hydrogen-bond donors (Lipinski definition) is 1. The summed E-state index contributed by atoms with van der Waals surface area (Å²) in [6.07, 6.45) is 3.06. The van der Waals surface area contributed by atoms with Crippen LogP contribution in [-0.4, -0.2) is 21.1 Å². The van der Waals surface area contributed by atoms with Crippen molar-refractivity contribution >= 4 is 41.6 Å². The van der Waals surface area contributed by atoms with Gasteiger partial charge in [0.25, 0.3) is 0 Å². The van der Waals surface area contributed by atoms with Gasteiger partial charge in [-0.05, 0) is 48.6 Å². The Labute approximate surface area is 174 Å². The van der Waals surface area contributed by atoms with Crippen molar-refractivity contribution in [1.29, 1.82) is 0 Å². The Morgan fingerprint density at radius 1 is 1.18 bits per heavy atom. The van der Waals surface area contributed by atoms with Crippen LogP contribution in [0.2, 0.25) is 10.0 Å². The first kappa shape index (κ1) is 18.5. The molecule has 0 spiro atoms. The second-order valence-corrected chi connectivity index (χ2v) is 6.73. The lowest BCUT2D eigenvalue weighted by Crippen LogP contribution is -1.95. The zero-order valence-corrected chi connectivity index (χ0v) is 16.5. The maximum absolute atomic E-state index is 6.09. The van der Waals surface area contributed by atoms with Crippen molar-refractivity contribution in [2.45, 2.75) is 6.61 Å². The third kappa shape index (κ3) is 3.89. The van der Waals surface area contributed by atoms with E-state index in [4.69, 9.17) is 49.0 Å². The first-order valence-corrected chi connectivity index (χ1v) is 9.19. The number of para-hydroxylation sites is 1. The molecule has 0 amide bonds. The molecule has 0 aliphatic heterocycles. The summed E-state index contributed by atoms with van der Waals surface area (Å²) in [4.78, 5) is 0. The Hall–Kier alpha value is -2.81. The maximum Gasteiger partial charge on any atom is 0.219 e. The molecule has 0 aliphatic rings. The van der Waals surface area contributed by atoms with E-state index in [1.54, 1.807) is 48.7 Å². The minimum atomic E-state index is 0.167. The standard InChI is InChI=1S/C18H12Cl2N4O3S/c19-13-3-1-4-14(20)16(13)26-10-12-7-6-11(27-12)9-21-24-17(22-23-18(24)28)15-5-2-8-25-15/h1-9H,10H2,(H,23,28)/b21-9-. The predicted molar refractivity (Wildman–Crippen MR) is 108 cm³/mol. The number of aromatic amines is 1. The third-order valence-electron chi connectivity index (χ3n) is 3.65. The van der Waals surface area contributed by atoms with Gasteiger partial charge in [-0.15, -0.1) is 5.10 Å². The van der Waals surface area contributed by atoms with Gasteiger partial charge in [-0.25, -0.2) is 5.10 Å². The molecule has 0 bridgehead atoms. The summed E-state index contributed by atoms with van der Waals surface area (Å²) in [6, 6.07) is 12.2. The van der Waals surface area contributed by atoms with Gasteiger partial charge in [0.05, 0.1) is 22.5 Å². The van der Waals surface area contributed by atoms with Gasteiger partial charge in [-0.1, -0.05) is 29.3 Å². The fourth-order valence-corrected chi connectivity index (χ4v) is 3.07. The predicted octanol–water partition coefficient (Wildman–Crippen LogP) is 5.56. The van der Waals surface area contributed by atoms with Crippen LogP contribution in [-0.2, 0) is 6.61 Å². The second kappa shape index (κ2) is 8.05. The Balaban J connectivity index is 1.49. The van der Waals surface area contributed by atoms with Crippen molar-refractivity contribution in [2.75, 3.05) is 0 Å². The molecule has 0 aliphatic carbocycles. The van der Waals surface area contributed by atoms with Gasteiger partial charge in [0.15, 0.2) is 11.5 Å². The molecule has 0 radical (unpaired) electrons. The smallest absolute Gasteiger partial charge is 0.219 e. The number of nitrogens with one attached hydrogen (secondary N) is 1. The highest BCUT2D eigenvalue weighted by Gasteiger charge is 2.11. The van der Waals surface area contributed by atoms with E-state index in [0.29, 0.717) is 43.7 Å². The molecule has 3 heterocycles. The van der Waals surface area contributed by atoms with Gasteiger partial charge in [0.1, 0.15) is 18.1 Å². The number of rotatable bonds is 6. The van der Waals surface area contributed by atoms with Crippen LogP contribution in [0.15, 0.2) is 62.7 Å². The van der Waals surface area contributed by atoms with Crippen molar-refractivity contribution < 1.29 is 13.6 Å². The number of aromatic nitrogens is 3. The van der Waals surface area contributed by atoms with Crippen molar-refractivity contribution in [3.8, 4) is 17.3 Å². The molecule has 0 unspecified atom stereocenters. The molecule has 0 atom stereocenters. The van der Waals surface area contributed by atoms with Gasteiger partial charge in [0.2, 0.25) is 10.6 Å². The average molecular weight is 435 g/mol. The molecule has 1 N–H and O–H groups in total. The van der Waals surface area contributed by atoms with Crippen molar-refractivity contribution in [2.24, 2.45) is 5.10 Å². The summed E-state index contributed by atoms with van der Waals surface area (Å²) in [6.45, 7) is 0.167. The van der Waals surface area contributed by atoms with E-state index in [1.165, 1.54) is 10.9 Å². The number of H-pyrrole nitrogens is 1. The molecule has 1 aromatic carbocycles. The molecular weight excluding hydrogens is 423 g/mol. The molecule has 142 valence electrons. The number of ether oxygens (including phenoxy) is 1. The molecule has 0 saturated carbocycles. The van der Waals surface area contributed by atoms with Gasteiger partial charge in [-0.3, -0.25) is 0 Å². The largest absolute Gasteiger partial charge is 0.483 e. The van der Waals surface area contributed by atoms with Gasteiger partial charge in [-0.2, -0.15) is 9.78 Å². The molecule has 10 heteroatoms. The van der Waals surface area contributed by atoms with E-state index in [2.05, 4.69) is 15.3 Å². The first-order chi connectivity index (χ1) is 13.6. The molecule has 4 rings (SSSR count). The Bertz CT molecular complexity index is 1160. The van der Waals surface area contributed by atoms with Crippen LogP contribution in [0.1, 0.15) is 11.5 Å². The lowest BCUT2D eigenvalue weighted by Gasteiger charge is -2.07. The summed E-state index contributed by atoms with van der Waals surface area (Å²) in [5.74, 6) is 2.49. The molecule has 0 saturated heterocycles. The summed E-state index contributed by atoms with van der Waals surface area (Å²) in [5.41, 5.74) is 0. The monoisotopic (exact) mass is 434 g/mol. The second-order valence-electron chi connectivity index (χ2n) is 5.53. The quantitative estimate of drug-likeness (QED) is 0.317.